The predicted molar refractivity (Wildman–Crippen MR) is 69.6 cm³/mol. The number of nitrogens with zero attached hydrogens (tertiary/aromatic N) is 1. The summed E-state index contributed by atoms with van der Waals surface area (Å²) in [6, 6.07) is 8.97. The van der Waals surface area contributed by atoms with Gasteiger partial charge in [-0.1, -0.05) is 0 Å². The highest BCUT2D eigenvalue weighted by Crippen LogP contribution is 2.33. The molecular formula is C13H12N2O4. The summed E-state index contributed by atoms with van der Waals surface area (Å²) in [4.78, 5) is 12.7. The van der Waals surface area contributed by atoms with E-state index in [9.17, 15) is 20.1 Å². The van der Waals surface area contributed by atoms with Gasteiger partial charge in [0.2, 0.25) is 0 Å². The summed E-state index contributed by atoms with van der Waals surface area (Å²) in [5.41, 5.74) is 6.03. The monoisotopic (exact) mass is 260 g/mol. The lowest BCUT2D eigenvalue weighted by atomic mass is 10.2. The van der Waals surface area contributed by atoms with Crippen LogP contribution in [0.5, 0.6) is 17.2 Å². The lowest BCUT2D eigenvalue weighted by Crippen LogP contribution is -2.31. The van der Waals surface area contributed by atoms with E-state index in [2.05, 4.69) is 0 Å². The second-order valence-corrected chi connectivity index (χ2v) is 3.86. The van der Waals surface area contributed by atoms with E-state index in [0.29, 0.717) is 11.4 Å². The molecule has 0 aliphatic heterocycles. The molecule has 2 amide bonds. The molecule has 0 aromatic heterocycles. The zero-order valence-electron chi connectivity index (χ0n) is 9.82. The van der Waals surface area contributed by atoms with Gasteiger partial charge in [0.15, 0.2) is 11.5 Å². The molecule has 2 aromatic carbocycles. The van der Waals surface area contributed by atoms with Crippen LogP contribution in [0.1, 0.15) is 0 Å². The van der Waals surface area contributed by atoms with E-state index in [1.165, 1.54) is 42.5 Å². The molecule has 0 atom stereocenters. The van der Waals surface area contributed by atoms with Crippen molar-refractivity contribution in [1.82, 2.24) is 0 Å². The summed E-state index contributed by atoms with van der Waals surface area (Å²) in [5, 5.41) is 27.9. The van der Waals surface area contributed by atoms with E-state index in [1.807, 2.05) is 0 Å². The summed E-state index contributed by atoms with van der Waals surface area (Å²) in [6.07, 6.45) is 0. The van der Waals surface area contributed by atoms with Gasteiger partial charge in [-0.2, -0.15) is 0 Å². The summed E-state index contributed by atoms with van der Waals surface area (Å²) in [7, 11) is 0. The Labute approximate surface area is 108 Å². The maximum absolute atomic E-state index is 11.5. The summed E-state index contributed by atoms with van der Waals surface area (Å²) >= 11 is 0. The SMILES string of the molecule is NC(=O)N(c1ccc(O)cc1)c1ccc(O)c(O)c1. The van der Waals surface area contributed by atoms with Gasteiger partial charge >= 0.3 is 6.03 Å². The largest absolute Gasteiger partial charge is 0.508 e. The van der Waals surface area contributed by atoms with Crippen molar-refractivity contribution < 1.29 is 20.1 Å². The maximum atomic E-state index is 11.5. The number of anilines is 2. The Bertz CT molecular complexity index is 611. The van der Waals surface area contributed by atoms with Crippen LogP contribution in [-0.4, -0.2) is 21.4 Å². The third kappa shape index (κ3) is 2.52. The third-order valence-corrected chi connectivity index (χ3v) is 2.55. The molecule has 2 aromatic rings. The molecule has 0 saturated carbocycles. The number of phenols is 3. The van der Waals surface area contributed by atoms with Crippen LogP contribution in [-0.2, 0) is 0 Å². The number of urea groups is 1. The van der Waals surface area contributed by atoms with E-state index in [1.54, 1.807) is 0 Å². The van der Waals surface area contributed by atoms with Gasteiger partial charge in [0.1, 0.15) is 5.75 Å². The molecule has 0 spiro atoms. The summed E-state index contributed by atoms with van der Waals surface area (Å²) in [5.74, 6) is -0.594. The number of benzene rings is 2. The first kappa shape index (κ1) is 12.6. The lowest BCUT2D eigenvalue weighted by Gasteiger charge is -2.21. The summed E-state index contributed by atoms with van der Waals surface area (Å²) in [6.45, 7) is 0. The van der Waals surface area contributed by atoms with Crippen LogP contribution < -0.4 is 10.6 Å². The molecule has 98 valence electrons. The Kier molecular flexibility index (Phi) is 3.15. The smallest absolute Gasteiger partial charge is 0.323 e. The van der Waals surface area contributed by atoms with Gasteiger partial charge in [0.05, 0.1) is 11.4 Å². The zero-order chi connectivity index (χ0) is 14.0. The molecule has 0 radical (unpaired) electrons. The maximum Gasteiger partial charge on any atom is 0.323 e. The number of primary amides is 1. The molecule has 0 aliphatic rings. The van der Waals surface area contributed by atoms with Crippen molar-refractivity contribution in [1.29, 1.82) is 0 Å². The Morgan fingerprint density at radius 1 is 0.895 bits per heavy atom. The Morgan fingerprint density at radius 2 is 1.47 bits per heavy atom. The number of carbonyl (C=O) groups is 1. The second kappa shape index (κ2) is 4.77. The normalized spacial score (nSPS) is 10.1. The minimum Gasteiger partial charge on any atom is -0.508 e. The third-order valence-electron chi connectivity index (χ3n) is 2.55. The molecule has 0 aliphatic carbocycles. The van der Waals surface area contributed by atoms with E-state index < -0.39 is 6.03 Å². The van der Waals surface area contributed by atoms with Crippen molar-refractivity contribution in [2.24, 2.45) is 5.73 Å². The highest BCUT2D eigenvalue weighted by atomic mass is 16.3. The number of hydrogen-bond donors (Lipinski definition) is 4. The van der Waals surface area contributed by atoms with Crippen LogP contribution in [0, 0.1) is 0 Å². The predicted octanol–water partition coefficient (Wildman–Crippen LogP) is 2.02. The average Bonchev–Trinajstić information content (AvgIpc) is 2.36. The van der Waals surface area contributed by atoms with Gasteiger partial charge in [-0.3, -0.25) is 4.90 Å². The highest BCUT2D eigenvalue weighted by Gasteiger charge is 2.16. The number of carbonyl (C=O) groups excluding carboxylic acids is 1. The first-order valence-corrected chi connectivity index (χ1v) is 5.39. The molecular weight excluding hydrogens is 248 g/mol. The molecule has 19 heavy (non-hydrogen) atoms. The summed E-state index contributed by atoms with van der Waals surface area (Å²) < 4.78 is 0. The van der Waals surface area contributed by atoms with Gasteiger partial charge in [0, 0.05) is 6.07 Å². The molecule has 6 heteroatoms. The van der Waals surface area contributed by atoms with Crippen molar-refractivity contribution >= 4 is 17.4 Å². The minimum absolute atomic E-state index is 0.0572. The molecule has 0 bridgehead atoms. The fourth-order valence-electron chi connectivity index (χ4n) is 1.66. The number of amides is 2. The van der Waals surface area contributed by atoms with Crippen molar-refractivity contribution in [3.8, 4) is 17.2 Å². The van der Waals surface area contributed by atoms with Crippen molar-refractivity contribution in [3.05, 3.63) is 42.5 Å². The van der Waals surface area contributed by atoms with E-state index in [-0.39, 0.29) is 17.2 Å². The first-order chi connectivity index (χ1) is 8.99. The quantitative estimate of drug-likeness (QED) is 0.619. The molecule has 5 N–H and O–H groups in total. The van der Waals surface area contributed by atoms with Crippen LogP contribution in [0.15, 0.2) is 42.5 Å². The van der Waals surface area contributed by atoms with Gasteiger partial charge in [-0.05, 0) is 36.4 Å². The van der Waals surface area contributed by atoms with Crippen LogP contribution in [0.25, 0.3) is 0 Å². The standard InChI is InChI=1S/C13H12N2O4/c14-13(19)15(8-1-4-10(16)5-2-8)9-3-6-11(17)12(18)7-9/h1-7,16-18H,(H2,14,19). The van der Waals surface area contributed by atoms with Crippen molar-refractivity contribution in [3.63, 3.8) is 0 Å². The van der Waals surface area contributed by atoms with Crippen molar-refractivity contribution in [2.75, 3.05) is 4.90 Å². The number of nitrogens with two attached hydrogens (primary N) is 1. The Balaban J connectivity index is 2.48. The van der Waals surface area contributed by atoms with E-state index in [4.69, 9.17) is 5.73 Å². The van der Waals surface area contributed by atoms with Gasteiger partial charge in [-0.25, -0.2) is 4.79 Å². The number of rotatable bonds is 2. The number of aromatic hydroxyl groups is 3. The molecule has 0 unspecified atom stereocenters. The van der Waals surface area contributed by atoms with E-state index in [0.717, 1.165) is 4.90 Å². The van der Waals surface area contributed by atoms with Gasteiger partial charge < -0.3 is 21.1 Å². The van der Waals surface area contributed by atoms with Crippen molar-refractivity contribution in [2.45, 2.75) is 0 Å². The molecule has 0 fully saturated rings. The number of hydrogen-bond acceptors (Lipinski definition) is 4. The van der Waals surface area contributed by atoms with Crippen LogP contribution in [0.2, 0.25) is 0 Å². The zero-order valence-corrected chi connectivity index (χ0v) is 9.82. The van der Waals surface area contributed by atoms with Crippen LogP contribution >= 0.6 is 0 Å². The van der Waals surface area contributed by atoms with Gasteiger partial charge in [0.25, 0.3) is 0 Å². The minimum atomic E-state index is -0.754. The second-order valence-electron chi connectivity index (χ2n) is 3.86. The van der Waals surface area contributed by atoms with Gasteiger partial charge in [-0.15, -0.1) is 0 Å². The van der Waals surface area contributed by atoms with Crippen LogP contribution in [0.3, 0.4) is 0 Å². The molecule has 0 heterocycles. The topological polar surface area (TPSA) is 107 Å². The average molecular weight is 260 g/mol. The number of phenolic OH excluding ortho intramolecular Hbond substituents is 3. The molecule has 2 rings (SSSR count). The Hall–Kier alpha value is -2.89. The first-order valence-electron chi connectivity index (χ1n) is 5.39. The van der Waals surface area contributed by atoms with Crippen LogP contribution in [0.4, 0.5) is 16.2 Å². The molecule has 6 nitrogen and oxygen atoms in total. The fraction of sp³-hybridized carbons (Fsp3) is 0. The lowest BCUT2D eigenvalue weighted by molar-refractivity contribution is 0.256. The van der Waals surface area contributed by atoms with E-state index >= 15 is 0 Å². The fourth-order valence-corrected chi connectivity index (χ4v) is 1.66. The molecule has 0 saturated heterocycles. The Morgan fingerprint density at radius 3 is 2.00 bits per heavy atom. The highest BCUT2D eigenvalue weighted by molar-refractivity contribution is 5.98.